The molecular formula is C11H12BrNO3S. The van der Waals surface area contributed by atoms with Gasteiger partial charge in [0.1, 0.15) is 0 Å². The summed E-state index contributed by atoms with van der Waals surface area (Å²) in [5, 5.41) is 2.85. The van der Waals surface area contributed by atoms with Crippen molar-refractivity contribution in [1.29, 1.82) is 0 Å². The van der Waals surface area contributed by atoms with Crippen molar-refractivity contribution in [3.05, 3.63) is 28.2 Å². The predicted octanol–water partition coefficient (Wildman–Crippen LogP) is 1.74. The number of halogens is 1. The Hall–Kier alpha value is -0.880. The summed E-state index contributed by atoms with van der Waals surface area (Å²) in [6.45, 7) is 0. The lowest BCUT2D eigenvalue weighted by atomic mass is 10.2. The van der Waals surface area contributed by atoms with Gasteiger partial charge in [-0.2, -0.15) is 0 Å². The fraction of sp³-hybridized carbons (Fsp3) is 0.364. The third kappa shape index (κ3) is 3.07. The van der Waals surface area contributed by atoms with Gasteiger partial charge in [-0.3, -0.25) is 4.79 Å². The SMILES string of the molecule is CS(=O)(=O)c1ccc(C(=O)NC2CC2)cc1Br. The second kappa shape index (κ2) is 4.42. The average Bonchev–Trinajstić information content (AvgIpc) is 2.99. The molecule has 1 fully saturated rings. The highest BCUT2D eigenvalue weighted by Gasteiger charge is 2.24. The lowest BCUT2D eigenvalue weighted by Gasteiger charge is -2.06. The first-order valence-electron chi connectivity index (χ1n) is 5.18. The van der Waals surface area contributed by atoms with E-state index in [1.54, 1.807) is 0 Å². The Morgan fingerprint density at radius 2 is 2.06 bits per heavy atom. The van der Waals surface area contributed by atoms with Crippen molar-refractivity contribution < 1.29 is 13.2 Å². The summed E-state index contributed by atoms with van der Waals surface area (Å²) < 4.78 is 23.2. The average molecular weight is 318 g/mol. The van der Waals surface area contributed by atoms with Gasteiger partial charge in [-0.15, -0.1) is 0 Å². The Balaban J connectivity index is 2.26. The van der Waals surface area contributed by atoms with Crippen LogP contribution in [0.3, 0.4) is 0 Å². The number of sulfone groups is 1. The summed E-state index contributed by atoms with van der Waals surface area (Å²) in [6.07, 6.45) is 3.18. The first-order valence-corrected chi connectivity index (χ1v) is 7.87. The van der Waals surface area contributed by atoms with Crippen molar-refractivity contribution in [3.8, 4) is 0 Å². The predicted molar refractivity (Wildman–Crippen MR) is 67.7 cm³/mol. The van der Waals surface area contributed by atoms with E-state index < -0.39 is 9.84 Å². The van der Waals surface area contributed by atoms with Crippen LogP contribution in [0.5, 0.6) is 0 Å². The molecule has 17 heavy (non-hydrogen) atoms. The molecule has 0 radical (unpaired) electrons. The van der Waals surface area contributed by atoms with Crippen molar-refractivity contribution in [3.63, 3.8) is 0 Å². The lowest BCUT2D eigenvalue weighted by molar-refractivity contribution is 0.0951. The van der Waals surface area contributed by atoms with E-state index in [2.05, 4.69) is 21.2 Å². The molecule has 0 spiro atoms. The lowest BCUT2D eigenvalue weighted by Crippen LogP contribution is -2.25. The van der Waals surface area contributed by atoms with Crippen LogP contribution in [0.25, 0.3) is 0 Å². The summed E-state index contributed by atoms with van der Waals surface area (Å²) >= 11 is 3.17. The van der Waals surface area contributed by atoms with Gasteiger partial charge in [0.05, 0.1) is 4.90 Å². The Morgan fingerprint density at radius 3 is 2.53 bits per heavy atom. The van der Waals surface area contributed by atoms with E-state index in [-0.39, 0.29) is 16.8 Å². The molecule has 2 rings (SSSR count). The normalized spacial score (nSPS) is 15.6. The van der Waals surface area contributed by atoms with Gasteiger partial charge in [0.15, 0.2) is 9.84 Å². The highest BCUT2D eigenvalue weighted by molar-refractivity contribution is 9.10. The van der Waals surface area contributed by atoms with Crippen LogP contribution in [0.1, 0.15) is 23.2 Å². The quantitative estimate of drug-likeness (QED) is 0.923. The molecule has 0 atom stereocenters. The summed E-state index contributed by atoms with van der Waals surface area (Å²) in [5.41, 5.74) is 0.469. The third-order valence-electron chi connectivity index (χ3n) is 2.51. The summed E-state index contributed by atoms with van der Waals surface area (Å²) in [6, 6.07) is 4.80. The minimum atomic E-state index is -3.27. The molecule has 0 aromatic heterocycles. The number of hydrogen-bond donors (Lipinski definition) is 1. The number of benzene rings is 1. The molecule has 0 heterocycles. The van der Waals surface area contributed by atoms with E-state index in [9.17, 15) is 13.2 Å². The maximum atomic E-state index is 11.7. The number of carbonyl (C=O) groups is 1. The maximum Gasteiger partial charge on any atom is 0.251 e. The zero-order valence-corrected chi connectivity index (χ0v) is 11.6. The number of nitrogens with one attached hydrogen (secondary N) is 1. The Morgan fingerprint density at radius 1 is 1.41 bits per heavy atom. The van der Waals surface area contributed by atoms with Crippen LogP contribution in [-0.4, -0.2) is 26.6 Å². The minimum Gasteiger partial charge on any atom is -0.349 e. The Labute approximate surface area is 108 Å². The fourth-order valence-electron chi connectivity index (χ4n) is 1.44. The maximum absolute atomic E-state index is 11.7. The zero-order chi connectivity index (χ0) is 12.6. The van der Waals surface area contributed by atoms with Crippen LogP contribution >= 0.6 is 15.9 Å². The first kappa shape index (κ1) is 12.6. The van der Waals surface area contributed by atoms with Crippen LogP contribution in [0.2, 0.25) is 0 Å². The van der Waals surface area contributed by atoms with Crippen molar-refractivity contribution in [1.82, 2.24) is 5.32 Å². The van der Waals surface area contributed by atoms with Gasteiger partial charge >= 0.3 is 0 Å². The van der Waals surface area contributed by atoms with Gasteiger partial charge in [0.2, 0.25) is 0 Å². The number of rotatable bonds is 3. The standard InChI is InChI=1S/C11H12BrNO3S/c1-17(15,16)10-5-2-7(6-9(10)12)11(14)13-8-3-4-8/h2,5-6,8H,3-4H2,1H3,(H,13,14). The second-order valence-electron chi connectivity index (χ2n) is 4.17. The summed E-state index contributed by atoms with van der Waals surface area (Å²) in [7, 11) is -3.27. The highest BCUT2D eigenvalue weighted by Crippen LogP contribution is 2.24. The van der Waals surface area contributed by atoms with E-state index >= 15 is 0 Å². The number of hydrogen-bond acceptors (Lipinski definition) is 3. The van der Waals surface area contributed by atoms with Gasteiger partial charge < -0.3 is 5.32 Å². The molecule has 92 valence electrons. The van der Waals surface area contributed by atoms with E-state index in [0.717, 1.165) is 19.1 Å². The fourth-order valence-corrected chi connectivity index (χ4v) is 3.43. The zero-order valence-electron chi connectivity index (χ0n) is 9.23. The Kier molecular flexibility index (Phi) is 3.27. The topological polar surface area (TPSA) is 63.2 Å². The molecule has 1 aromatic carbocycles. The molecule has 1 amide bonds. The van der Waals surface area contributed by atoms with E-state index in [1.165, 1.54) is 18.2 Å². The largest absolute Gasteiger partial charge is 0.349 e. The molecule has 0 saturated heterocycles. The van der Waals surface area contributed by atoms with Gasteiger partial charge in [-0.1, -0.05) is 0 Å². The second-order valence-corrected chi connectivity index (χ2v) is 7.00. The number of amides is 1. The smallest absolute Gasteiger partial charge is 0.251 e. The number of carbonyl (C=O) groups excluding carboxylic acids is 1. The van der Waals surface area contributed by atoms with Crippen LogP contribution in [-0.2, 0) is 9.84 Å². The van der Waals surface area contributed by atoms with Crippen molar-refractivity contribution in [2.24, 2.45) is 0 Å². The Bertz CT molecular complexity index is 564. The molecule has 0 unspecified atom stereocenters. The van der Waals surface area contributed by atoms with Crippen LogP contribution < -0.4 is 5.32 Å². The summed E-state index contributed by atoms with van der Waals surface area (Å²) in [4.78, 5) is 11.9. The van der Waals surface area contributed by atoms with E-state index in [4.69, 9.17) is 0 Å². The molecule has 1 N–H and O–H groups in total. The molecule has 1 aliphatic rings. The first-order chi connectivity index (χ1) is 7.88. The molecular weight excluding hydrogens is 306 g/mol. The molecule has 1 aliphatic carbocycles. The molecule has 6 heteroatoms. The third-order valence-corrected chi connectivity index (χ3v) is 4.58. The molecule has 0 aliphatic heterocycles. The minimum absolute atomic E-state index is 0.159. The monoisotopic (exact) mass is 317 g/mol. The van der Waals surface area contributed by atoms with Crippen LogP contribution in [0.4, 0.5) is 0 Å². The molecule has 0 bridgehead atoms. The van der Waals surface area contributed by atoms with Crippen LogP contribution in [0.15, 0.2) is 27.6 Å². The van der Waals surface area contributed by atoms with Crippen molar-refractivity contribution in [2.45, 2.75) is 23.8 Å². The van der Waals surface area contributed by atoms with Gasteiger partial charge in [-0.25, -0.2) is 8.42 Å². The van der Waals surface area contributed by atoms with E-state index in [0.29, 0.717) is 10.0 Å². The molecule has 1 aromatic rings. The molecule has 4 nitrogen and oxygen atoms in total. The van der Waals surface area contributed by atoms with Gasteiger partial charge in [0, 0.05) is 22.3 Å². The van der Waals surface area contributed by atoms with Crippen molar-refractivity contribution in [2.75, 3.05) is 6.26 Å². The van der Waals surface area contributed by atoms with Gasteiger partial charge in [0.25, 0.3) is 5.91 Å². The summed E-state index contributed by atoms with van der Waals surface area (Å²) in [5.74, 6) is -0.159. The van der Waals surface area contributed by atoms with Crippen molar-refractivity contribution >= 4 is 31.7 Å². The van der Waals surface area contributed by atoms with E-state index in [1.807, 2.05) is 0 Å². The van der Waals surface area contributed by atoms with Crippen LogP contribution in [0, 0.1) is 0 Å². The highest BCUT2D eigenvalue weighted by atomic mass is 79.9. The van der Waals surface area contributed by atoms with Gasteiger partial charge in [-0.05, 0) is 47.0 Å². The molecule has 1 saturated carbocycles.